The molecule has 1 aliphatic carbocycles. The molecule has 0 aromatic rings. The number of morpholine rings is 1. The van der Waals surface area contributed by atoms with E-state index in [0.717, 1.165) is 26.1 Å². The third kappa shape index (κ3) is 9.74. The van der Waals surface area contributed by atoms with E-state index in [1.807, 2.05) is 0 Å². The molecule has 1 unspecified atom stereocenters. The predicted molar refractivity (Wildman–Crippen MR) is 70.8 cm³/mol. The zero-order chi connectivity index (χ0) is 11.8. The van der Waals surface area contributed by atoms with Crippen molar-refractivity contribution in [3.8, 4) is 0 Å². The molecule has 1 aliphatic heterocycles. The first-order chi connectivity index (χ1) is 8.45. The van der Waals surface area contributed by atoms with Gasteiger partial charge in [-0.15, -0.1) is 6.42 Å². The molecule has 1 fully saturated rings. The molecule has 2 nitrogen and oxygen atoms in total. The average molecular weight is 396 g/mol. The number of unbranched alkanes of at least 4 members (excludes halogenated alkanes) is 3. The fourth-order valence-electron chi connectivity index (χ4n) is 2.47. The second kappa shape index (κ2) is 14.8. The van der Waals surface area contributed by atoms with Crippen molar-refractivity contribution < 1.29 is 55.8 Å². The van der Waals surface area contributed by atoms with Gasteiger partial charge in [0.1, 0.15) is 0 Å². The van der Waals surface area contributed by atoms with Crippen molar-refractivity contribution in [1.82, 2.24) is 5.32 Å². The monoisotopic (exact) mass is 394 g/mol. The molecular formula is C15H24Cl2NOZr. The molecule has 0 aromatic carbocycles. The van der Waals surface area contributed by atoms with E-state index in [1.54, 1.807) is 0 Å². The summed E-state index contributed by atoms with van der Waals surface area (Å²) in [5.41, 5.74) is 1.42. The van der Waals surface area contributed by atoms with Gasteiger partial charge in [-0.25, -0.2) is 11.6 Å². The molecule has 0 amide bonds. The van der Waals surface area contributed by atoms with Gasteiger partial charge in [0, 0.05) is 13.1 Å². The van der Waals surface area contributed by atoms with Crippen LogP contribution in [0, 0.1) is 6.08 Å². The molecule has 113 valence electrons. The maximum Gasteiger partial charge on any atom is 3.00 e. The van der Waals surface area contributed by atoms with Crippen molar-refractivity contribution in [3.63, 3.8) is 0 Å². The second-order valence-electron chi connectivity index (χ2n) is 4.96. The number of rotatable bonds is 7. The first-order valence-corrected chi connectivity index (χ1v) is 7.04. The van der Waals surface area contributed by atoms with Crippen molar-refractivity contribution >= 4 is 0 Å². The van der Waals surface area contributed by atoms with Crippen molar-refractivity contribution in [3.05, 3.63) is 23.8 Å². The summed E-state index contributed by atoms with van der Waals surface area (Å²) in [7, 11) is 0. The maximum atomic E-state index is 5.68. The van der Waals surface area contributed by atoms with Gasteiger partial charge >= 0.3 is 26.2 Å². The number of hydrogen-bond acceptors (Lipinski definition) is 2. The van der Waals surface area contributed by atoms with Crippen LogP contribution in [-0.4, -0.2) is 25.8 Å². The number of ether oxygens (including phenoxy) is 1. The first kappa shape index (κ1) is 23.1. The summed E-state index contributed by atoms with van der Waals surface area (Å²) in [5, 5.41) is 3.38. The quantitative estimate of drug-likeness (QED) is 0.366. The summed E-state index contributed by atoms with van der Waals surface area (Å²) >= 11 is 0. The molecule has 1 N–H and O–H groups in total. The van der Waals surface area contributed by atoms with Gasteiger partial charge in [-0.2, -0.15) is 6.08 Å². The summed E-state index contributed by atoms with van der Waals surface area (Å²) in [4.78, 5) is 0. The van der Waals surface area contributed by atoms with E-state index in [-0.39, 0.29) is 51.0 Å². The summed E-state index contributed by atoms with van der Waals surface area (Å²) in [6.07, 6.45) is 17.1. The van der Waals surface area contributed by atoms with Gasteiger partial charge in [-0.1, -0.05) is 32.1 Å². The Morgan fingerprint density at radius 2 is 2.00 bits per heavy atom. The Bertz CT molecular complexity index is 279. The Morgan fingerprint density at radius 1 is 1.20 bits per heavy atom. The Morgan fingerprint density at radius 3 is 2.65 bits per heavy atom. The topological polar surface area (TPSA) is 21.3 Å². The fourth-order valence-corrected chi connectivity index (χ4v) is 2.47. The molecule has 1 radical (unpaired) electrons. The van der Waals surface area contributed by atoms with Crippen LogP contribution >= 0.6 is 0 Å². The van der Waals surface area contributed by atoms with E-state index >= 15 is 0 Å². The van der Waals surface area contributed by atoms with Crippen molar-refractivity contribution in [2.45, 2.75) is 51.0 Å². The Hall–Kier alpha value is 0.863. The van der Waals surface area contributed by atoms with Gasteiger partial charge in [0.05, 0.1) is 12.7 Å². The largest absolute Gasteiger partial charge is 3.00 e. The fraction of sp³-hybridized carbons (Fsp3) is 0.733. The van der Waals surface area contributed by atoms with Crippen molar-refractivity contribution in [2.24, 2.45) is 0 Å². The summed E-state index contributed by atoms with van der Waals surface area (Å²) < 4.78 is 5.68. The average Bonchev–Trinajstić information content (AvgIpc) is 2.88. The molecule has 20 heavy (non-hydrogen) atoms. The third-order valence-electron chi connectivity index (χ3n) is 3.49. The van der Waals surface area contributed by atoms with Gasteiger partial charge in [0.15, 0.2) is 0 Å². The molecule has 1 atom stereocenters. The van der Waals surface area contributed by atoms with E-state index < -0.39 is 0 Å². The van der Waals surface area contributed by atoms with Crippen LogP contribution in [0.25, 0.3) is 0 Å². The molecule has 0 aromatic heterocycles. The minimum atomic E-state index is 0. The Kier molecular flexibility index (Phi) is 17.1. The first-order valence-electron chi connectivity index (χ1n) is 7.04. The standard InChI is InChI=1S/C15H24NO.2ClH.Zr/c1(3-7-14-8-5-6-9-14)2-4-10-15-13-16-11-12-17-15;;;/h5,8,15-16H,1-4,6-7,10-13H2;2*1H;/q-1;;;+3/p-2. The van der Waals surface area contributed by atoms with Crippen LogP contribution < -0.4 is 30.1 Å². The number of nitrogens with one attached hydrogen (secondary N) is 1. The minimum absolute atomic E-state index is 0. The van der Waals surface area contributed by atoms with Crippen LogP contribution in [0.1, 0.15) is 44.9 Å². The van der Waals surface area contributed by atoms with Crippen LogP contribution in [-0.2, 0) is 30.9 Å². The van der Waals surface area contributed by atoms with E-state index in [4.69, 9.17) is 4.74 Å². The predicted octanol–water partition coefficient (Wildman–Crippen LogP) is -2.99. The Labute approximate surface area is 155 Å². The molecule has 1 saturated heterocycles. The van der Waals surface area contributed by atoms with Gasteiger partial charge in [0.2, 0.25) is 0 Å². The zero-order valence-corrected chi connectivity index (χ0v) is 15.9. The van der Waals surface area contributed by atoms with E-state index in [0.29, 0.717) is 6.10 Å². The van der Waals surface area contributed by atoms with Gasteiger partial charge < -0.3 is 34.9 Å². The van der Waals surface area contributed by atoms with Crippen LogP contribution in [0.15, 0.2) is 17.7 Å². The molecule has 0 bridgehead atoms. The van der Waals surface area contributed by atoms with E-state index in [1.165, 1.54) is 44.1 Å². The summed E-state index contributed by atoms with van der Waals surface area (Å²) in [6.45, 7) is 2.96. The van der Waals surface area contributed by atoms with Crippen LogP contribution in [0.3, 0.4) is 0 Å². The molecule has 0 saturated carbocycles. The van der Waals surface area contributed by atoms with E-state index in [2.05, 4.69) is 23.5 Å². The number of halogens is 2. The Balaban J connectivity index is 0. The normalized spacial score (nSPS) is 20.4. The molecule has 0 spiro atoms. The molecular weight excluding hydrogens is 372 g/mol. The number of allylic oxidation sites excluding steroid dienone is 4. The molecule has 5 heteroatoms. The third-order valence-corrected chi connectivity index (χ3v) is 3.49. The SMILES string of the molecule is [C-]1=C(CCCCCCC2CNCCO2)C=CC1.[Cl-].[Cl-].[Zr+3]. The summed E-state index contributed by atoms with van der Waals surface area (Å²) in [6, 6.07) is 0. The maximum absolute atomic E-state index is 5.68. The molecule has 1 heterocycles. The number of hydrogen-bond donors (Lipinski definition) is 1. The van der Waals surface area contributed by atoms with Gasteiger partial charge in [-0.3, -0.25) is 6.08 Å². The molecule has 2 aliphatic rings. The van der Waals surface area contributed by atoms with Crippen molar-refractivity contribution in [2.75, 3.05) is 19.7 Å². The summed E-state index contributed by atoms with van der Waals surface area (Å²) in [5.74, 6) is 0. The van der Waals surface area contributed by atoms with Crippen LogP contribution in [0.4, 0.5) is 0 Å². The van der Waals surface area contributed by atoms with Crippen molar-refractivity contribution in [1.29, 1.82) is 0 Å². The van der Waals surface area contributed by atoms with Gasteiger partial charge in [-0.05, 0) is 6.42 Å². The second-order valence-corrected chi connectivity index (χ2v) is 4.96. The van der Waals surface area contributed by atoms with Crippen LogP contribution in [0.2, 0.25) is 0 Å². The van der Waals surface area contributed by atoms with E-state index in [9.17, 15) is 0 Å². The van der Waals surface area contributed by atoms with Crippen LogP contribution in [0.5, 0.6) is 0 Å². The zero-order valence-electron chi connectivity index (χ0n) is 12.0. The van der Waals surface area contributed by atoms with Gasteiger partial charge in [0.25, 0.3) is 0 Å². The molecule has 2 rings (SSSR count). The smallest absolute Gasteiger partial charge is 1.00 e. The minimum Gasteiger partial charge on any atom is -1.00 e.